The number of fused-ring (bicyclic) bond motifs is 2. The number of halogens is 1. The molecular weight excluding hydrogens is 310 g/mol. The monoisotopic (exact) mass is 329 g/mol. The third-order valence-corrected chi connectivity index (χ3v) is 4.84. The van der Waals surface area contributed by atoms with Crippen LogP contribution in [0.1, 0.15) is 12.0 Å². The van der Waals surface area contributed by atoms with E-state index in [4.69, 9.17) is 22.4 Å². The van der Waals surface area contributed by atoms with Gasteiger partial charge in [-0.25, -0.2) is 10.8 Å². The van der Waals surface area contributed by atoms with Crippen LogP contribution >= 0.6 is 11.6 Å². The number of allylic oxidation sites excluding steroid dienone is 2. The molecule has 3 aliphatic rings. The van der Waals surface area contributed by atoms with Crippen LogP contribution in [0, 0.1) is 0 Å². The van der Waals surface area contributed by atoms with Gasteiger partial charge in [0.2, 0.25) is 0 Å². The maximum absolute atomic E-state index is 6.45. The van der Waals surface area contributed by atoms with Crippen LogP contribution in [0.2, 0.25) is 0 Å². The first-order chi connectivity index (χ1) is 11.2. The minimum absolute atomic E-state index is 0.0269. The lowest BCUT2D eigenvalue weighted by Crippen LogP contribution is -2.47. The molecule has 5 nitrogen and oxygen atoms in total. The van der Waals surface area contributed by atoms with Gasteiger partial charge < -0.3 is 15.2 Å². The fourth-order valence-corrected chi connectivity index (χ4v) is 3.56. The van der Waals surface area contributed by atoms with E-state index < -0.39 is 0 Å². The van der Waals surface area contributed by atoms with Crippen LogP contribution in [0.4, 0.5) is 5.69 Å². The summed E-state index contributed by atoms with van der Waals surface area (Å²) >= 11 is 6.21. The molecule has 2 aliphatic heterocycles. The van der Waals surface area contributed by atoms with Crippen molar-refractivity contribution in [3.63, 3.8) is 0 Å². The molecule has 23 heavy (non-hydrogen) atoms. The summed E-state index contributed by atoms with van der Waals surface area (Å²) in [5.41, 5.74) is 3.04. The number of benzene rings is 1. The van der Waals surface area contributed by atoms with E-state index in [1.807, 2.05) is 29.3 Å². The fraction of sp³-hybridized carbons (Fsp3) is 0.353. The number of nitrogens with two attached hydrogens (primary N) is 1. The number of para-hydroxylation sites is 1. The Morgan fingerprint density at radius 1 is 1.22 bits per heavy atom. The van der Waals surface area contributed by atoms with Gasteiger partial charge in [0.15, 0.2) is 0 Å². The highest BCUT2D eigenvalue weighted by Gasteiger charge is 2.31. The molecule has 0 spiro atoms. The lowest BCUT2D eigenvalue weighted by atomic mass is 10.0. The molecule has 1 saturated heterocycles. The van der Waals surface area contributed by atoms with Crippen LogP contribution < -0.4 is 16.2 Å². The van der Waals surface area contributed by atoms with E-state index in [1.54, 1.807) is 0 Å². The average molecular weight is 330 g/mol. The molecule has 0 radical (unpaired) electrons. The first-order valence-electron chi connectivity index (χ1n) is 7.99. The Hall–Kier alpha value is -1.82. The SMILES string of the molecule is NN1c2ccccc2C(N2CCNCC2)=NC2=CC(Cl)=CCC21. The number of rotatable bonds is 0. The smallest absolute Gasteiger partial charge is 0.138 e. The van der Waals surface area contributed by atoms with E-state index >= 15 is 0 Å². The molecule has 0 bridgehead atoms. The third-order valence-electron chi connectivity index (χ3n) is 4.57. The standard InChI is InChI=1S/C17H20ClN5/c18-12-5-6-16-14(11-12)21-17(22-9-7-20-8-10-22)13-3-1-2-4-15(13)23(16)19/h1-5,11,16,20H,6-10,19H2. The van der Waals surface area contributed by atoms with Crippen molar-refractivity contribution in [3.05, 3.63) is 52.7 Å². The van der Waals surface area contributed by atoms with Crippen LogP contribution in [0.5, 0.6) is 0 Å². The summed E-state index contributed by atoms with van der Waals surface area (Å²) in [5, 5.41) is 5.96. The van der Waals surface area contributed by atoms with E-state index in [-0.39, 0.29) is 6.04 Å². The Balaban J connectivity index is 1.85. The molecule has 1 aliphatic carbocycles. The highest BCUT2D eigenvalue weighted by atomic mass is 35.5. The molecule has 0 aromatic heterocycles. The Bertz CT molecular complexity index is 703. The number of piperazine rings is 1. The van der Waals surface area contributed by atoms with Gasteiger partial charge >= 0.3 is 0 Å². The second-order valence-electron chi connectivity index (χ2n) is 6.01. The summed E-state index contributed by atoms with van der Waals surface area (Å²) in [6.07, 6.45) is 4.71. The second-order valence-corrected chi connectivity index (χ2v) is 6.44. The predicted octanol–water partition coefficient (Wildman–Crippen LogP) is 1.81. The van der Waals surface area contributed by atoms with Gasteiger partial charge in [-0.1, -0.05) is 29.8 Å². The molecule has 1 atom stereocenters. The van der Waals surface area contributed by atoms with Crippen molar-refractivity contribution in [2.75, 3.05) is 31.2 Å². The maximum atomic E-state index is 6.45. The average Bonchev–Trinajstić information content (AvgIpc) is 2.71. The van der Waals surface area contributed by atoms with Crippen LogP contribution in [-0.4, -0.2) is 43.0 Å². The molecule has 1 aromatic carbocycles. The van der Waals surface area contributed by atoms with Crippen molar-refractivity contribution < 1.29 is 0 Å². The summed E-state index contributed by atoms with van der Waals surface area (Å²) in [5.74, 6) is 7.45. The predicted molar refractivity (Wildman–Crippen MR) is 94.5 cm³/mol. The summed E-state index contributed by atoms with van der Waals surface area (Å²) < 4.78 is 0. The topological polar surface area (TPSA) is 56.9 Å². The number of aliphatic imine (C=N–C) groups is 1. The summed E-state index contributed by atoms with van der Waals surface area (Å²) in [4.78, 5) is 7.32. The van der Waals surface area contributed by atoms with Gasteiger partial charge in [-0.3, -0.25) is 0 Å². The van der Waals surface area contributed by atoms with Crippen molar-refractivity contribution in [1.82, 2.24) is 10.2 Å². The summed E-state index contributed by atoms with van der Waals surface area (Å²) in [7, 11) is 0. The van der Waals surface area contributed by atoms with Crippen LogP contribution in [0.3, 0.4) is 0 Å². The van der Waals surface area contributed by atoms with E-state index in [0.29, 0.717) is 0 Å². The van der Waals surface area contributed by atoms with E-state index in [1.165, 1.54) is 0 Å². The number of amidine groups is 1. The number of nitrogens with one attached hydrogen (secondary N) is 1. The maximum Gasteiger partial charge on any atom is 0.138 e. The second kappa shape index (κ2) is 6.00. The molecule has 0 amide bonds. The highest BCUT2D eigenvalue weighted by molar-refractivity contribution is 6.31. The van der Waals surface area contributed by atoms with Gasteiger partial charge in [-0.15, -0.1) is 0 Å². The first kappa shape index (κ1) is 14.8. The summed E-state index contributed by atoms with van der Waals surface area (Å²) in [6, 6.07) is 8.26. The normalized spacial score (nSPS) is 24.1. The van der Waals surface area contributed by atoms with E-state index in [2.05, 4.69) is 22.3 Å². The lowest BCUT2D eigenvalue weighted by Gasteiger charge is -2.31. The van der Waals surface area contributed by atoms with Crippen molar-refractivity contribution in [3.8, 4) is 0 Å². The van der Waals surface area contributed by atoms with Crippen molar-refractivity contribution in [2.45, 2.75) is 12.5 Å². The zero-order chi connectivity index (χ0) is 15.8. The van der Waals surface area contributed by atoms with Gasteiger partial charge in [0, 0.05) is 36.8 Å². The number of hydrazine groups is 1. The van der Waals surface area contributed by atoms with Crippen molar-refractivity contribution in [1.29, 1.82) is 0 Å². The Labute approximate surface area is 141 Å². The van der Waals surface area contributed by atoms with Crippen molar-refractivity contribution >= 4 is 23.1 Å². The molecule has 2 heterocycles. The molecule has 4 rings (SSSR count). The molecule has 1 fully saturated rings. The quantitative estimate of drug-likeness (QED) is 0.713. The summed E-state index contributed by atoms with van der Waals surface area (Å²) in [6.45, 7) is 3.83. The van der Waals surface area contributed by atoms with Gasteiger partial charge in [-0.2, -0.15) is 0 Å². The number of nitrogens with zero attached hydrogens (tertiary/aromatic N) is 3. The van der Waals surface area contributed by atoms with Gasteiger partial charge in [0.1, 0.15) is 5.84 Å². The fourth-order valence-electron chi connectivity index (χ4n) is 3.36. The first-order valence-corrected chi connectivity index (χ1v) is 8.37. The third kappa shape index (κ3) is 2.65. The van der Waals surface area contributed by atoms with E-state index in [0.717, 1.165) is 60.4 Å². The number of hydrogen-bond acceptors (Lipinski definition) is 5. The highest BCUT2D eigenvalue weighted by Crippen LogP contribution is 2.33. The van der Waals surface area contributed by atoms with Gasteiger partial charge in [-0.05, 0) is 24.6 Å². The number of anilines is 1. The minimum atomic E-state index is 0.0269. The van der Waals surface area contributed by atoms with E-state index in [9.17, 15) is 0 Å². The minimum Gasteiger partial charge on any atom is -0.354 e. The Morgan fingerprint density at radius 2 is 2.00 bits per heavy atom. The molecule has 3 N–H and O–H groups in total. The zero-order valence-electron chi connectivity index (χ0n) is 12.9. The van der Waals surface area contributed by atoms with Crippen LogP contribution in [0.15, 0.2) is 52.1 Å². The molecule has 6 heteroatoms. The zero-order valence-corrected chi connectivity index (χ0v) is 13.6. The van der Waals surface area contributed by atoms with Gasteiger partial charge in [0.05, 0.1) is 17.4 Å². The molecule has 120 valence electrons. The Kier molecular flexibility index (Phi) is 3.85. The largest absolute Gasteiger partial charge is 0.354 e. The molecule has 1 unspecified atom stereocenters. The number of hydrogen-bond donors (Lipinski definition) is 2. The molecule has 0 saturated carbocycles. The Morgan fingerprint density at radius 3 is 2.83 bits per heavy atom. The lowest BCUT2D eigenvalue weighted by molar-refractivity contribution is 0.358. The van der Waals surface area contributed by atoms with Crippen LogP contribution in [-0.2, 0) is 0 Å². The molecule has 1 aromatic rings. The van der Waals surface area contributed by atoms with Crippen molar-refractivity contribution in [2.24, 2.45) is 10.8 Å². The van der Waals surface area contributed by atoms with Crippen LogP contribution in [0.25, 0.3) is 0 Å². The van der Waals surface area contributed by atoms with Gasteiger partial charge in [0.25, 0.3) is 0 Å². The molecular formula is C17H20ClN5.